The molecule has 1 unspecified atom stereocenters. The van der Waals surface area contributed by atoms with Gasteiger partial charge in [-0.25, -0.2) is 0 Å². The van der Waals surface area contributed by atoms with Crippen molar-refractivity contribution in [2.75, 3.05) is 13.2 Å². The summed E-state index contributed by atoms with van der Waals surface area (Å²) in [6, 6.07) is 0. The van der Waals surface area contributed by atoms with Crippen molar-refractivity contribution in [2.45, 2.75) is 418 Å². The van der Waals surface area contributed by atoms with E-state index in [9.17, 15) is 14.7 Å². The lowest BCUT2D eigenvalue weighted by molar-refractivity contribution is -0.161. The Bertz CT molecular complexity index is 1050. The molecule has 5 heteroatoms. The van der Waals surface area contributed by atoms with Crippen LogP contribution < -0.4 is 0 Å². The van der Waals surface area contributed by atoms with Crippen molar-refractivity contribution in [3.8, 4) is 0 Å². The van der Waals surface area contributed by atoms with E-state index in [0.29, 0.717) is 12.8 Å². The molecule has 0 aliphatic rings. The quantitative estimate of drug-likeness (QED) is 0.0485. The van der Waals surface area contributed by atoms with Crippen molar-refractivity contribution in [3.63, 3.8) is 0 Å². The Balaban J connectivity index is 3.35. The van der Waals surface area contributed by atoms with Crippen LogP contribution in [0.25, 0.3) is 0 Å². The van der Waals surface area contributed by atoms with Gasteiger partial charge >= 0.3 is 11.9 Å². The van der Waals surface area contributed by atoms with E-state index in [1.807, 2.05) is 0 Å². The highest BCUT2D eigenvalue weighted by molar-refractivity contribution is 5.70. The summed E-state index contributed by atoms with van der Waals surface area (Å²) in [5.74, 6) is -0.558. The van der Waals surface area contributed by atoms with Crippen molar-refractivity contribution in [2.24, 2.45) is 0 Å². The molecule has 0 aliphatic heterocycles. The lowest BCUT2D eigenvalue weighted by Crippen LogP contribution is -2.28. The van der Waals surface area contributed by atoms with Crippen LogP contribution in [0.1, 0.15) is 412 Å². The molecule has 0 rings (SSSR count). The van der Waals surface area contributed by atoms with Gasteiger partial charge < -0.3 is 14.6 Å². The van der Waals surface area contributed by atoms with Gasteiger partial charge in [0, 0.05) is 12.8 Å². The number of rotatable bonds is 66. The summed E-state index contributed by atoms with van der Waals surface area (Å²) < 4.78 is 10.8. The molecule has 0 saturated carbocycles. The van der Waals surface area contributed by atoms with Gasteiger partial charge in [0.05, 0.1) is 6.61 Å². The standard InChI is InChI=1S/C69H136O5/c1-3-5-7-9-11-13-15-17-19-21-23-25-27-29-31-33-34-36-38-40-42-44-46-48-50-52-54-56-58-60-62-64-69(72)74-67(65-70)66-73-68(71)63-61-59-57-55-53-51-49-47-45-43-41-39-37-35-32-30-28-26-24-22-20-18-16-14-12-10-8-6-4-2/h67,70H,3-66H2,1-2H3. The molecule has 0 radical (unpaired) electrons. The van der Waals surface area contributed by atoms with Gasteiger partial charge in [-0.2, -0.15) is 0 Å². The first-order valence-corrected chi connectivity index (χ1v) is 34.6. The minimum Gasteiger partial charge on any atom is -0.462 e. The molecular weight excluding hydrogens is 909 g/mol. The third-order valence-corrected chi connectivity index (χ3v) is 16.4. The number of hydrogen-bond acceptors (Lipinski definition) is 5. The van der Waals surface area contributed by atoms with Crippen molar-refractivity contribution in [3.05, 3.63) is 0 Å². The van der Waals surface area contributed by atoms with Crippen LogP contribution in [0.15, 0.2) is 0 Å². The molecule has 0 fully saturated rings. The van der Waals surface area contributed by atoms with Crippen LogP contribution >= 0.6 is 0 Å². The molecular formula is C69H136O5. The zero-order valence-electron chi connectivity index (χ0n) is 50.9. The Labute approximate surface area is 465 Å². The fourth-order valence-corrected chi connectivity index (χ4v) is 11.2. The van der Waals surface area contributed by atoms with E-state index in [1.54, 1.807) is 0 Å². The predicted molar refractivity (Wildman–Crippen MR) is 326 cm³/mol. The Morgan fingerprint density at radius 3 is 0.595 bits per heavy atom. The maximum absolute atomic E-state index is 12.4. The number of ether oxygens (including phenoxy) is 2. The maximum atomic E-state index is 12.4. The Morgan fingerprint density at radius 1 is 0.257 bits per heavy atom. The molecule has 0 aromatic rings. The van der Waals surface area contributed by atoms with Gasteiger partial charge in [0.15, 0.2) is 6.10 Å². The molecule has 0 aliphatic carbocycles. The monoisotopic (exact) mass is 1050 g/mol. The minimum atomic E-state index is -0.765. The topological polar surface area (TPSA) is 72.8 Å². The summed E-state index contributed by atoms with van der Waals surface area (Å²) in [6.07, 6.45) is 82.9. The molecule has 0 heterocycles. The fraction of sp³-hybridized carbons (Fsp3) is 0.971. The van der Waals surface area contributed by atoms with Gasteiger partial charge in [0.2, 0.25) is 0 Å². The Kier molecular flexibility index (Phi) is 65.2. The summed E-state index contributed by atoms with van der Waals surface area (Å²) in [6.45, 7) is 4.23. The summed E-state index contributed by atoms with van der Waals surface area (Å²) in [5, 5.41) is 9.70. The van der Waals surface area contributed by atoms with E-state index in [4.69, 9.17) is 9.47 Å². The second kappa shape index (κ2) is 66.2. The van der Waals surface area contributed by atoms with E-state index < -0.39 is 6.10 Å². The lowest BCUT2D eigenvalue weighted by atomic mass is 10.0. The van der Waals surface area contributed by atoms with Crippen molar-refractivity contribution >= 4 is 11.9 Å². The summed E-state index contributed by atoms with van der Waals surface area (Å²) in [4.78, 5) is 24.6. The highest BCUT2D eigenvalue weighted by atomic mass is 16.6. The fourth-order valence-electron chi connectivity index (χ4n) is 11.2. The second-order valence-corrected chi connectivity index (χ2v) is 24.0. The molecule has 0 bridgehead atoms. The molecule has 74 heavy (non-hydrogen) atoms. The summed E-state index contributed by atoms with van der Waals surface area (Å²) in [7, 11) is 0. The lowest BCUT2D eigenvalue weighted by Gasteiger charge is -2.15. The highest BCUT2D eigenvalue weighted by Gasteiger charge is 2.16. The maximum Gasteiger partial charge on any atom is 0.306 e. The van der Waals surface area contributed by atoms with Crippen LogP contribution in [-0.4, -0.2) is 36.4 Å². The third-order valence-electron chi connectivity index (χ3n) is 16.4. The highest BCUT2D eigenvalue weighted by Crippen LogP contribution is 2.20. The Hall–Kier alpha value is -1.10. The largest absolute Gasteiger partial charge is 0.462 e. The zero-order chi connectivity index (χ0) is 53.4. The van der Waals surface area contributed by atoms with E-state index in [1.165, 1.54) is 353 Å². The smallest absolute Gasteiger partial charge is 0.306 e. The van der Waals surface area contributed by atoms with E-state index in [-0.39, 0.29) is 25.2 Å². The Morgan fingerprint density at radius 2 is 0.419 bits per heavy atom. The van der Waals surface area contributed by atoms with Crippen molar-refractivity contribution in [1.82, 2.24) is 0 Å². The molecule has 442 valence electrons. The van der Waals surface area contributed by atoms with Gasteiger partial charge in [-0.05, 0) is 12.8 Å². The van der Waals surface area contributed by atoms with Crippen LogP contribution in [0, 0.1) is 0 Å². The minimum absolute atomic E-state index is 0.0553. The molecule has 1 atom stereocenters. The predicted octanol–water partition coefficient (Wildman–Crippen LogP) is 23.7. The number of hydrogen-bond donors (Lipinski definition) is 1. The van der Waals surface area contributed by atoms with Crippen LogP contribution in [0.4, 0.5) is 0 Å². The van der Waals surface area contributed by atoms with E-state index in [2.05, 4.69) is 13.8 Å². The average molecular weight is 1050 g/mol. The number of aliphatic hydroxyl groups is 1. The summed E-state index contributed by atoms with van der Waals surface area (Å²) >= 11 is 0. The first-order valence-electron chi connectivity index (χ1n) is 34.6. The van der Waals surface area contributed by atoms with Gasteiger partial charge in [-0.1, -0.05) is 386 Å². The van der Waals surface area contributed by atoms with Crippen LogP contribution in [0.3, 0.4) is 0 Å². The van der Waals surface area contributed by atoms with Crippen molar-refractivity contribution < 1.29 is 24.2 Å². The normalized spacial score (nSPS) is 12.0. The second-order valence-electron chi connectivity index (χ2n) is 24.0. The van der Waals surface area contributed by atoms with Crippen LogP contribution in [0.2, 0.25) is 0 Å². The number of carbonyl (C=O) groups excluding carboxylic acids is 2. The van der Waals surface area contributed by atoms with Gasteiger partial charge in [-0.15, -0.1) is 0 Å². The van der Waals surface area contributed by atoms with E-state index in [0.717, 1.165) is 32.1 Å². The van der Waals surface area contributed by atoms with Gasteiger partial charge in [0.1, 0.15) is 6.61 Å². The molecule has 5 nitrogen and oxygen atoms in total. The molecule has 0 saturated heterocycles. The van der Waals surface area contributed by atoms with E-state index >= 15 is 0 Å². The van der Waals surface area contributed by atoms with Gasteiger partial charge in [-0.3, -0.25) is 9.59 Å². The number of esters is 2. The molecule has 0 spiro atoms. The van der Waals surface area contributed by atoms with Crippen LogP contribution in [-0.2, 0) is 19.1 Å². The van der Waals surface area contributed by atoms with Crippen molar-refractivity contribution in [1.29, 1.82) is 0 Å². The zero-order valence-corrected chi connectivity index (χ0v) is 50.9. The third kappa shape index (κ3) is 63.4. The molecule has 1 N–H and O–H groups in total. The first-order chi connectivity index (χ1) is 36.6. The van der Waals surface area contributed by atoms with Gasteiger partial charge in [0.25, 0.3) is 0 Å². The number of aliphatic hydroxyl groups excluding tert-OH is 1. The average Bonchev–Trinajstić information content (AvgIpc) is 3.40. The number of carbonyl (C=O) groups is 2. The van der Waals surface area contributed by atoms with Crippen LogP contribution in [0.5, 0.6) is 0 Å². The molecule has 0 aromatic carbocycles. The SMILES string of the molecule is CCCCCCCCCCCCCCCCCCCCCCCCCCCCCCCCCC(=O)OC(CO)COC(=O)CCCCCCCCCCCCCCCCCCCCCCCCCCCCCCC. The first kappa shape index (κ1) is 72.9. The molecule has 0 aromatic heterocycles. The molecule has 0 amide bonds. The summed E-state index contributed by atoms with van der Waals surface area (Å²) in [5.41, 5.74) is 0. The number of unbranched alkanes of at least 4 members (excludes halogenated alkanes) is 58.